The fourth-order valence-corrected chi connectivity index (χ4v) is 4.53. The van der Waals surface area contributed by atoms with Crippen LogP contribution in [0, 0.1) is 17.0 Å². The van der Waals surface area contributed by atoms with E-state index in [9.17, 15) is 28.1 Å². The summed E-state index contributed by atoms with van der Waals surface area (Å²) in [7, 11) is -4.07. The molecule has 0 fully saturated rings. The van der Waals surface area contributed by atoms with Gasteiger partial charge in [-0.05, 0) is 42.3 Å². The largest absolute Gasteiger partial charge is 0.452 e. The Hall–Kier alpha value is -3.80. The van der Waals surface area contributed by atoms with Crippen LogP contribution < -0.4 is 10.0 Å². The quantitative estimate of drug-likeness (QED) is 0.249. The number of sulfonamides is 1. The molecule has 0 aromatic heterocycles. The van der Waals surface area contributed by atoms with E-state index in [2.05, 4.69) is 10.0 Å². The lowest BCUT2D eigenvalue weighted by Gasteiger charge is -2.11. The van der Waals surface area contributed by atoms with Crippen LogP contribution in [0.4, 0.5) is 11.4 Å². The molecule has 3 rings (SSSR count). The Kier molecular flexibility index (Phi) is 8.18. The molecular formula is C23H20ClN3O7S. The summed E-state index contributed by atoms with van der Waals surface area (Å²) in [6.07, 6.45) is 0. The molecule has 0 aliphatic rings. The van der Waals surface area contributed by atoms with E-state index in [0.717, 1.165) is 11.6 Å². The number of hydrogen-bond acceptors (Lipinski definition) is 7. The standard InChI is InChI=1S/C23H20ClN3O7S/c1-15-7-10-19(20(11-15)27(30)31)26-22(28)14-34-23(29)17-8-9-18(24)21(12-17)35(32,33)25-13-16-5-3-2-4-6-16/h2-12,25H,13-14H2,1H3,(H,26,28). The van der Waals surface area contributed by atoms with Gasteiger partial charge in [0.2, 0.25) is 10.0 Å². The van der Waals surface area contributed by atoms with E-state index in [1.54, 1.807) is 43.3 Å². The molecule has 0 saturated carbocycles. The van der Waals surface area contributed by atoms with Crippen LogP contribution in [0.2, 0.25) is 5.02 Å². The van der Waals surface area contributed by atoms with E-state index >= 15 is 0 Å². The van der Waals surface area contributed by atoms with Crippen molar-refractivity contribution >= 4 is 44.9 Å². The van der Waals surface area contributed by atoms with Gasteiger partial charge in [-0.1, -0.05) is 48.0 Å². The van der Waals surface area contributed by atoms with Gasteiger partial charge < -0.3 is 10.1 Å². The molecular weight excluding hydrogens is 498 g/mol. The number of halogens is 1. The summed E-state index contributed by atoms with van der Waals surface area (Å²) in [4.78, 5) is 34.8. The van der Waals surface area contributed by atoms with Crippen LogP contribution in [0.3, 0.4) is 0 Å². The van der Waals surface area contributed by atoms with Crippen molar-refractivity contribution in [3.05, 3.63) is 98.6 Å². The Balaban J connectivity index is 1.66. The molecule has 0 radical (unpaired) electrons. The minimum absolute atomic E-state index is 0.0134. The third-order valence-corrected chi connectivity index (χ3v) is 6.61. The number of ether oxygens (including phenoxy) is 1. The number of carbonyl (C=O) groups is 2. The zero-order chi connectivity index (χ0) is 25.6. The molecule has 0 aliphatic heterocycles. The Morgan fingerprint density at radius 3 is 2.46 bits per heavy atom. The molecule has 3 aromatic carbocycles. The van der Waals surface area contributed by atoms with Gasteiger partial charge in [0, 0.05) is 12.6 Å². The normalized spacial score (nSPS) is 11.0. The maximum atomic E-state index is 12.7. The molecule has 12 heteroatoms. The van der Waals surface area contributed by atoms with E-state index in [-0.39, 0.29) is 33.4 Å². The number of esters is 1. The van der Waals surface area contributed by atoms with Crippen molar-refractivity contribution in [2.24, 2.45) is 0 Å². The third-order valence-electron chi connectivity index (χ3n) is 4.72. The Morgan fingerprint density at radius 1 is 1.06 bits per heavy atom. The zero-order valence-corrected chi connectivity index (χ0v) is 19.9. The topological polar surface area (TPSA) is 145 Å². The van der Waals surface area contributed by atoms with E-state index in [1.165, 1.54) is 24.3 Å². The van der Waals surface area contributed by atoms with Gasteiger partial charge in [0.25, 0.3) is 11.6 Å². The van der Waals surface area contributed by atoms with E-state index in [0.29, 0.717) is 5.56 Å². The first-order valence-electron chi connectivity index (χ1n) is 10.1. The van der Waals surface area contributed by atoms with Crippen molar-refractivity contribution in [3.63, 3.8) is 0 Å². The summed E-state index contributed by atoms with van der Waals surface area (Å²) in [5.74, 6) is -1.79. The van der Waals surface area contributed by atoms with E-state index < -0.39 is 33.4 Å². The molecule has 182 valence electrons. The van der Waals surface area contributed by atoms with Crippen LogP contribution >= 0.6 is 11.6 Å². The van der Waals surface area contributed by atoms with Gasteiger partial charge >= 0.3 is 5.97 Å². The van der Waals surface area contributed by atoms with E-state index in [1.807, 2.05) is 0 Å². The van der Waals surface area contributed by atoms with Crippen LogP contribution in [0.5, 0.6) is 0 Å². The van der Waals surface area contributed by atoms with Crippen LogP contribution in [-0.4, -0.2) is 31.8 Å². The molecule has 2 N–H and O–H groups in total. The number of rotatable bonds is 9. The lowest BCUT2D eigenvalue weighted by atomic mass is 10.2. The van der Waals surface area contributed by atoms with Crippen LogP contribution in [-0.2, 0) is 26.1 Å². The highest BCUT2D eigenvalue weighted by Gasteiger charge is 2.22. The smallest absolute Gasteiger partial charge is 0.338 e. The number of aryl methyl sites for hydroxylation is 1. The van der Waals surface area contributed by atoms with Crippen LogP contribution in [0.1, 0.15) is 21.5 Å². The van der Waals surface area contributed by atoms with Crippen molar-refractivity contribution in [2.75, 3.05) is 11.9 Å². The number of benzene rings is 3. The van der Waals surface area contributed by atoms with Crippen LogP contribution in [0.15, 0.2) is 71.6 Å². The highest BCUT2D eigenvalue weighted by molar-refractivity contribution is 7.89. The SMILES string of the molecule is Cc1ccc(NC(=O)COC(=O)c2ccc(Cl)c(S(=O)(=O)NCc3ccccc3)c2)c([N+](=O)[O-])c1. The summed E-state index contributed by atoms with van der Waals surface area (Å²) in [5, 5.41) is 13.4. The molecule has 0 aliphatic carbocycles. The van der Waals surface area contributed by atoms with Gasteiger partial charge in [-0.25, -0.2) is 17.9 Å². The monoisotopic (exact) mass is 517 g/mol. The summed E-state index contributed by atoms with van der Waals surface area (Å²) in [5.41, 5.74) is 0.852. The van der Waals surface area contributed by atoms with Gasteiger partial charge in [0.05, 0.1) is 15.5 Å². The van der Waals surface area contributed by atoms with E-state index in [4.69, 9.17) is 16.3 Å². The maximum absolute atomic E-state index is 12.7. The fraction of sp³-hybridized carbons (Fsp3) is 0.130. The second kappa shape index (κ2) is 11.1. The maximum Gasteiger partial charge on any atom is 0.338 e. The average molecular weight is 518 g/mol. The first kappa shape index (κ1) is 25.8. The predicted octanol–water partition coefficient (Wildman–Crippen LogP) is 3.83. The molecule has 0 heterocycles. The highest BCUT2D eigenvalue weighted by Crippen LogP contribution is 2.26. The summed E-state index contributed by atoms with van der Waals surface area (Å²) < 4.78 is 32.8. The number of carbonyl (C=O) groups excluding carboxylic acids is 2. The molecule has 3 aromatic rings. The van der Waals surface area contributed by atoms with Gasteiger partial charge in [0.15, 0.2) is 6.61 Å². The summed E-state index contributed by atoms with van der Waals surface area (Å²) in [6.45, 7) is 0.929. The summed E-state index contributed by atoms with van der Waals surface area (Å²) in [6, 6.07) is 16.6. The Morgan fingerprint density at radius 2 is 1.77 bits per heavy atom. The first-order chi connectivity index (χ1) is 16.6. The zero-order valence-electron chi connectivity index (χ0n) is 18.4. The van der Waals surface area contributed by atoms with Gasteiger partial charge in [-0.3, -0.25) is 14.9 Å². The number of hydrogen-bond donors (Lipinski definition) is 2. The number of nitro benzene ring substituents is 1. The number of nitrogens with zero attached hydrogens (tertiary/aromatic N) is 1. The molecule has 0 atom stereocenters. The third kappa shape index (κ3) is 6.85. The second-order valence-electron chi connectivity index (χ2n) is 7.36. The molecule has 0 unspecified atom stereocenters. The predicted molar refractivity (Wildman–Crippen MR) is 129 cm³/mol. The minimum atomic E-state index is -4.07. The Labute approximate surface area is 206 Å². The molecule has 0 saturated heterocycles. The van der Waals surface area contributed by atoms with Crippen molar-refractivity contribution in [1.82, 2.24) is 4.72 Å². The van der Waals surface area contributed by atoms with Crippen LogP contribution in [0.25, 0.3) is 0 Å². The Bertz CT molecular complexity index is 1380. The van der Waals surface area contributed by atoms with Crippen molar-refractivity contribution in [2.45, 2.75) is 18.4 Å². The number of amides is 1. The molecule has 0 bridgehead atoms. The van der Waals surface area contributed by atoms with Crippen molar-refractivity contribution in [3.8, 4) is 0 Å². The lowest BCUT2D eigenvalue weighted by Crippen LogP contribution is -2.24. The fourth-order valence-electron chi connectivity index (χ4n) is 2.99. The number of anilines is 1. The molecule has 35 heavy (non-hydrogen) atoms. The molecule has 1 amide bonds. The average Bonchev–Trinajstić information content (AvgIpc) is 2.83. The van der Waals surface area contributed by atoms with Crippen molar-refractivity contribution < 1.29 is 27.7 Å². The van der Waals surface area contributed by atoms with Gasteiger partial charge in [0.1, 0.15) is 10.6 Å². The van der Waals surface area contributed by atoms with Crippen molar-refractivity contribution in [1.29, 1.82) is 0 Å². The highest BCUT2D eigenvalue weighted by atomic mass is 35.5. The van der Waals surface area contributed by atoms with Gasteiger partial charge in [-0.15, -0.1) is 0 Å². The molecule has 0 spiro atoms. The lowest BCUT2D eigenvalue weighted by molar-refractivity contribution is -0.384. The molecule has 10 nitrogen and oxygen atoms in total. The van der Waals surface area contributed by atoms with Gasteiger partial charge in [-0.2, -0.15) is 0 Å². The number of nitro groups is 1. The summed E-state index contributed by atoms with van der Waals surface area (Å²) >= 11 is 6.05. The first-order valence-corrected chi connectivity index (χ1v) is 12.0. The minimum Gasteiger partial charge on any atom is -0.452 e. The number of nitrogens with one attached hydrogen (secondary N) is 2. The second-order valence-corrected chi connectivity index (χ2v) is 9.50.